The zero-order valence-corrected chi connectivity index (χ0v) is 9.95. The van der Waals surface area contributed by atoms with Crippen molar-refractivity contribution in [3.8, 4) is 10.8 Å². The lowest BCUT2D eigenvalue weighted by Crippen LogP contribution is -1.98. The van der Waals surface area contributed by atoms with Crippen molar-refractivity contribution in [3.63, 3.8) is 0 Å². The summed E-state index contributed by atoms with van der Waals surface area (Å²) in [4.78, 5) is 20.2. The molecule has 1 saturated carbocycles. The van der Waals surface area contributed by atoms with Crippen molar-refractivity contribution in [1.29, 1.82) is 0 Å². The molecule has 0 radical (unpaired) electrons. The SMILES string of the molecule is Cc1ncc(-c2nc(C3CC3)c(C(=O)O)o2)s1. The van der Waals surface area contributed by atoms with Gasteiger partial charge in [0.15, 0.2) is 0 Å². The Kier molecular flexibility index (Phi) is 2.25. The fourth-order valence-electron chi connectivity index (χ4n) is 1.68. The van der Waals surface area contributed by atoms with E-state index in [2.05, 4.69) is 9.97 Å². The second kappa shape index (κ2) is 3.66. The minimum atomic E-state index is -1.05. The van der Waals surface area contributed by atoms with Crippen LogP contribution in [0.2, 0.25) is 0 Å². The fourth-order valence-corrected chi connectivity index (χ4v) is 2.39. The zero-order chi connectivity index (χ0) is 12.0. The highest BCUT2D eigenvalue weighted by atomic mass is 32.1. The average molecular weight is 250 g/mol. The van der Waals surface area contributed by atoms with Crippen molar-refractivity contribution in [2.75, 3.05) is 0 Å². The molecule has 2 aromatic heterocycles. The maximum Gasteiger partial charge on any atom is 0.373 e. The van der Waals surface area contributed by atoms with E-state index in [-0.39, 0.29) is 11.7 Å². The lowest BCUT2D eigenvalue weighted by molar-refractivity contribution is 0.0661. The summed E-state index contributed by atoms with van der Waals surface area (Å²) in [5.41, 5.74) is 0.582. The van der Waals surface area contributed by atoms with Gasteiger partial charge in [-0.25, -0.2) is 14.8 Å². The van der Waals surface area contributed by atoms with E-state index in [1.54, 1.807) is 6.20 Å². The highest BCUT2D eigenvalue weighted by Gasteiger charge is 2.33. The van der Waals surface area contributed by atoms with Crippen molar-refractivity contribution in [2.45, 2.75) is 25.7 Å². The molecule has 0 unspecified atom stereocenters. The molecular weight excluding hydrogens is 240 g/mol. The number of aryl methyl sites for hydroxylation is 1. The second-order valence-corrected chi connectivity index (χ2v) is 5.29. The van der Waals surface area contributed by atoms with Gasteiger partial charge in [0.05, 0.1) is 16.9 Å². The number of nitrogens with zero attached hydrogens (tertiary/aromatic N) is 2. The van der Waals surface area contributed by atoms with Gasteiger partial charge in [-0.2, -0.15) is 0 Å². The molecule has 1 aliphatic carbocycles. The Morgan fingerprint density at radius 1 is 1.59 bits per heavy atom. The van der Waals surface area contributed by atoms with E-state index in [1.807, 2.05) is 6.92 Å². The van der Waals surface area contributed by atoms with Gasteiger partial charge in [-0.05, 0) is 19.8 Å². The molecule has 3 rings (SSSR count). The molecule has 0 amide bonds. The van der Waals surface area contributed by atoms with E-state index in [9.17, 15) is 4.79 Å². The number of thiazole rings is 1. The molecule has 2 heterocycles. The van der Waals surface area contributed by atoms with Crippen molar-refractivity contribution in [1.82, 2.24) is 9.97 Å². The van der Waals surface area contributed by atoms with Crippen molar-refractivity contribution >= 4 is 17.3 Å². The lowest BCUT2D eigenvalue weighted by Gasteiger charge is -1.89. The molecule has 1 fully saturated rings. The van der Waals surface area contributed by atoms with Crippen LogP contribution in [-0.4, -0.2) is 21.0 Å². The van der Waals surface area contributed by atoms with E-state index in [1.165, 1.54) is 11.3 Å². The summed E-state index contributed by atoms with van der Waals surface area (Å²) in [5.74, 6) is -0.442. The molecule has 0 spiro atoms. The molecule has 0 aliphatic heterocycles. The van der Waals surface area contributed by atoms with Crippen LogP contribution < -0.4 is 0 Å². The molecule has 0 atom stereocenters. The van der Waals surface area contributed by atoms with E-state index in [0.717, 1.165) is 22.7 Å². The molecule has 0 bridgehead atoms. The molecule has 1 N–H and O–H groups in total. The van der Waals surface area contributed by atoms with Crippen LogP contribution in [0.5, 0.6) is 0 Å². The Labute approximate surface area is 101 Å². The monoisotopic (exact) mass is 250 g/mol. The highest BCUT2D eigenvalue weighted by Crippen LogP contribution is 2.42. The van der Waals surface area contributed by atoms with Crippen LogP contribution in [0, 0.1) is 6.92 Å². The maximum absolute atomic E-state index is 11.1. The topological polar surface area (TPSA) is 76.2 Å². The van der Waals surface area contributed by atoms with Crippen LogP contribution in [0.3, 0.4) is 0 Å². The van der Waals surface area contributed by atoms with Gasteiger partial charge in [0.2, 0.25) is 11.7 Å². The summed E-state index contributed by atoms with van der Waals surface area (Å²) in [5, 5.41) is 9.97. The van der Waals surface area contributed by atoms with Gasteiger partial charge < -0.3 is 9.52 Å². The molecule has 17 heavy (non-hydrogen) atoms. The van der Waals surface area contributed by atoms with Gasteiger partial charge in [0, 0.05) is 5.92 Å². The Morgan fingerprint density at radius 2 is 2.35 bits per heavy atom. The molecular formula is C11H10N2O3S. The van der Waals surface area contributed by atoms with E-state index in [4.69, 9.17) is 9.52 Å². The number of hydrogen-bond acceptors (Lipinski definition) is 5. The minimum absolute atomic E-state index is 0.0199. The minimum Gasteiger partial charge on any atom is -0.475 e. The van der Waals surface area contributed by atoms with Gasteiger partial charge >= 0.3 is 5.97 Å². The summed E-state index contributed by atoms with van der Waals surface area (Å²) in [6.45, 7) is 1.89. The first-order valence-electron chi connectivity index (χ1n) is 5.32. The Bertz CT molecular complexity index is 583. The van der Waals surface area contributed by atoms with Crippen LogP contribution >= 0.6 is 11.3 Å². The number of carbonyl (C=O) groups is 1. The third kappa shape index (κ3) is 1.84. The first-order chi connectivity index (χ1) is 8.15. The first kappa shape index (κ1) is 10.5. The number of carboxylic acids is 1. The van der Waals surface area contributed by atoms with Gasteiger partial charge in [-0.3, -0.25) is 0 Å². The maximum atomic E-state index is 11.1. The normalized spacial score (nSPS) is 15.1. The highest BCUT2D eigenvalue weighted by molar-refractivity contribution is 7.14. The van der Waals surface area contributed by atoms with Crippen molar-refractivity contribution < 1.29 is 14.3 Å². The van der Waals surface area contributed by atoms with Crippen molar-refractivity contribution in [2.24, 2.45) is 0 Å². The molecule has 88 valence electrons. The van der Waals surface area contributed by atoms with Crippen LogP contribution in [0.15, 0.2) is 10.6 Å². The molecule has 6 heteroatoms. The molecule has 0 saturated heterocycles. The number of aromatic carboxylic acids is 1. The zero-order valence-electron chi connectivity index (χ0n) is 9.14. The van der Waals surface area contributed by atoms with Crippen LogP contribution in [0.4, 0.5) is 0 Å². The largest absolute Gasteiger partial charge is 0.475 e. The van der Waals surface area contributed by atoms with Crippen molar-refractivity contribution in [3.05, 3.63) is 22.7 Å². The quantitative estimate of drug-likeness (QED) is 0.906. The van der Waals surface area contributed by atoms with Gasteiger partial charge in [0.1, 0.15) is 4.88 Å². The average Bonchev–Trinajstić information content (AvgIpc) is 2.87. The van der Waals surface area contributed by atoms with Gasteiger partial charge in [0.25, 0.3) is 0 Å². The molecule has 5 nitrogen and oxygen atoms in total. The predicted octanol–water partition coefficient (Wildman–Crippen LogP) is 2.68. The molecule has 2 aromatic rings. The van der Waals surface area contributed by atoms with Gasteiger partial charge in [-0.15, -0.1) is 11.3 Å². The third-order valence-corrected chi connectivity index (χ3v) is 3.54. The Hall–Kier alpha value is -1.69. The first-order valence-corrected chi connectivity index (χ1v) is 6.13. The predicted molar refractivity (Wildman–Crippen MR) is 61.3 cm³/mol. The van der Waals surface area contributed by atoms with E-state index in [0.29, 0.717) is 11.6 Å². The van der Waals surface area contributed by atoms with Crippen LogP contribution in [-0.2, 0) is 0 Å². The summed E-state index contributed by atoms with van der Waals surface area (Å²) in [7, 11) is 0. The van der Waals surface area contributed by atoms with E-state index >= 15 is 0 Å². The standard InChI is InChI=1S/C11H10N2O3S/c1-5-12-4-7(17-5)10-13-8(6-2-3-6)9(16-10)11(14)15/h4,6H,2-3H2,1H3,(H,14,15). The Balaban J connectivity index is 2.06. The number of aromatic nitrogens is 2. The third-order valence-electron chi connectivity index (χ3n) is 2.64. The number of oxazole rings is 1. The number of rotatable bonds is 3. The van der Waals surface area contributed by atoms with Crippen LogP contribution in [0.1, 0.15) is 40.0 Å². The van der Waals surface area contributed by atoms with Crippen LogP contribution in [0.25, 0.3) is 10.8 Å². The van der Waals surface area contributed by atoms with Gasteiger partial charge in [-0.1, -0.05) is 0 Å². The second-order valence-electron chi connectivity index (χ2n) is 4.06. The lowest BCUT2D eigenvalue weighted by atomic mass is 10.2. The molecule has 1 aliphatic rings. The number of hydrogen-bond donors (Lipinski definition) is 1. The van der Waals surface area contributed by atoms with E-state index < -0.39 is 5.97 Å². The smallest absolute Gasteiger partial charge is 0.373 e. The summed E-state index contributed by atoms with van der Waals surface area (Å²) in [6.07, 6.45) is 3.65. The summed E-state index contributed by atoms with van der Waals surface area (Å²) >= 11 is 1.45. The summed E-state index contributed by atoms with van der Waals surface area (Å²) < 4.78 is 5.34. The Morgan fingerprint density at radius 3 is 2.88 bits per heavy atom. The number of carboxylic acid groups (broad SMARTS) is 1. The summed E-state index contributed by atoms with van der Waals surface area (Å²) in [6, 6.07) is 0. The molecule has 0 aromatic carbocycles. The fraction of sp³-hybridized carbons (Fsp3) is 0.364.